The number of rotatable bonds is 3. The lowest BCUT2D eigenvalue weighted by Gasteiger charge is -2.27. The van der Waals surface area contributed by atoms with E-state index in [0.29, 0.717) is 5.92 Å². The quantitative estimate of drug-likeness (QED) is 0.789. The molecule has 0 saturated heterocycles. The summed E-state index contributed by atoms with van der Waals surface area (Å²) < 4.78 is 0. The van der Waals surface area contributed by atoms with E-state index in [0.717, 1.165) is 12.5 Å². The lowest BCUT2D eigenvalue weighted by Crippen LogP contribution is -2.22. The van der Waals surface area contributed by atoms with Crippen molar-refractivity contribution in [2.24, 2.45) is 11.7 Å². The van der Waals surface area contributed by atoms with Gasteiger partial charge in [0, 0.05) is 0 Å². The monoisotopic (exact) mass is 245 g/mol. The van der Waals surface area contributed by atoms with Crippen LogP contribution in [0.2, 0.25) is 0 Å². The Hall–Kier alpha value is -0.820. The van der Waals surface area contributed by atoms with Crippen molar-refractivity contribution >= 4 is 0 Å². The van der Waals surface area contributed by atoms with E-state index in [1.807, 2.05) is 0 Å². The molecule has 1 aromatic rings. The molecule has 0 amide bonds. The van der Waals surface area contributed by atoms with Crippen LogP contribution in [0.15, 0.2) is 18.2 Å². The van der Waals surface area contributed by atoms with E-state index in [1.54, 1.807) is 0 Å². The molecule has 1 heteroatoms. The van der Waals surface area contributed by atoms with Crippen LogP contribution in [0.3, 0.4) is 0 Å². The van der Waals surface area contributed by atoms with Crippen molar-refractivity contribution in [3.63, 3.8) is 0 Å². The van der Waals surface area contributed by atoms with Gasteiger partial charge < -0.3 is 5.73 Å². The van der Waals surface area contributed by atoms with Crippen LogP contribution in [0.4, 0.5) is 0 Å². The van der Waals surface area contributed by atoms with Crippen molar-refractivity contribution in [2.45, 2.75) is 58.3 Å². The number of hydrogen-bond acceptors (Lipinski definition) is 1. The second-order valence-electron chi connectivity index (χ2n) is 5.95. The summed E-state index contributed by atoms with van der Waals surface area (Å²) in [5, 5.41) is 0. The standard InChI is InChI=1S/C17H27N/c1-13-9-10-14(2)16(11-13)17(12-18)15-7-5-3-4-6-8-15/h9-11,15,17H,3-8,12,18H2,1-2H3. The Labute approximate surface area is 112 Å². The molecule has 1 fully saturated rings. The van der Waals surface area contributed by atoms with Gasteiger partial charge in [-0.25, -0.2) is 0 Å². The van der Waals surface area contributed by atoms with Gasteiger partial charge in [-0.15, -0.1) is 0 Å². The third-order valence-electron chi connectivity index (χ3n) is 4.56. The average Bonchev–Trinajstić information content (AvgIpc) is 2.64. The van der Waals surface area contributed by atoms with Crippen LogP contribution in [0.25, 0.3) is 0 Å². The van der Waals surface area contributed by atoms with Crippen LogP contribution in [0.1, 0.15) is 61.1 Å². The molecule has 1 aromatic carbocycles. The summed E-state index contributed by atoms with van der Waals surface area (Å²) >= 11 is 0. The minimum Gasteiger partial charge on any atom is -0.330 e. The van der Waals surface area contributed by atoms with Gasteiger partial charge in [0.2, 0.25) is 0 Å². The van der Waals surface area contributed by atoms with E-state index in [4.69, 9.17) is 5.73 Å². The predicted octanol–water partition coefficient (Wildman–Crippen LogP) is 4.32. The Morgan fingerprint density at radius 1 is 1.11 bits per heavy atom. The fourth-order valence-corrected chi connectivity index (χ4v) is 3.45. The summed E-state index contributed by atoms with van der Waals surface area (Å²) in [4.78, 5) is 0. The van der Waals surface area contributed by atoms with Crippen LogP contribution in [-0.4, -0.2) is 6.54 Å². The summed E-state index contributed by atoms with van der Waals surface area (Å²) in [6, 6.07) is 6.82. The van der Waals surface area contributed by atoms with E-state index >= 15 is 0 Å². The maximum atomic E-state index is 6.11. The van der Waals surface area contributed by atoms with Crippen LogP contribution >= 0.6 is 0 Å². The first-order valence-electron chi connectivity index (χ1n) is 7.49. The van der Waals surface area contributed by atoms with Crippen LogP contribution in [0, 0.1) is 19.8 Å². The van der Waals surface area contributed by atoms with Gasteiger partial charge >= 0.3 is 0 Å². The van der Waals surface area contributed by atoms with Gasteiger partial charge in [-0.1, -0.05) is 49.4 Å². The Morgan fingerprint density at radius 3 is 2.39 bits per heavy atom. The Kier molecular flexibility index (Phi) is 4.82. The van der Waals surface area contributed by atoms with Gasteiger partial charge in [-0.05, 0) is 56.2 Å². The molecule has 0 aliphatic heterocycles. The normalized spacial score (nSPS) is 19.5. The van der Waals surface area contributed by atoms with Crippen molar-refractivity contribution in [3.8, 4) is 0 Å². The fraction of sp³-hybridized carbons (Fsp3) is 0.647. The molecular weight excluding hydrogens is 218 g/mol. The maximum Gasteiger partial charge on any atom is -0.000546 e. The Bertz CT molecular complexity index is 375. The zero-order chi connectivity index (χ0) is 13.0. The summed E-state index contributed by atoms with van der Waals surface area (Å²) in [6.45, 7) is 5.21. The van der Waals surface area contributed by atoms with Gasteiger partial charge in [0.25, 0.3) is 0 Å². The Morgan fingerprint density at radius 2 is 1.78 bits per heavy atom. The molecule has 2 N–H and O–H groups in total. The first-order valence-corrected chi connectivity index (χ1v) is 7.49. The molecule has 1 atom stereocenters. The number of aryl methyl sites for hydroxylation is 2. The molecule has 1 saturated carbocycles. The highest BCUT2D eigenvalue weighted by Gasteiger charge is 2.24. The molecule has 0 radical (unpaired) electrons. The van der Waals surface area contributed by atoms with E-state index in [2.05, 4.69) is 32.0 Å². The van der Waals surface area contributed by atoms with Crippen molar-refractivity contribution in [2.75, 3.05) is 6.54 Å². The second-order valence-corrected chi connectivity index (χ2v) is 5.95. The number of benzene rings is 1. The van der Waals surface area contributed by atoms with Crippen LogP contribution in [-0.2, 0) is 0 Å². The second kappa shape index (κ2) is 6.38. The summed E-state index contributed by atoms with van der Waals surface area (Å²) in [6.07, 6.45) is 8.36. The molecular formula is C17H27N. The van der Waals surface area contributed by atoms with Crippen LogP contribution in [0.5, 0.6) is 0 Å². The maximum absolute atomic E-state index is 6.11. The average molecular weight is 245 g/mol. The molecule has 0 aromatic heterocycles. The van der Waals surface area contributed by atoms with Gasteiger partial charge in [0.1, 0.15) is 0 Å². The molecule has 0 heterocycles. The third kappa shape index (κ3) is 3.14. The van der Waals surface area contributed by atoms with Crippen molar-refractivity contribution in [3.05, 3.63) is 34.9 Å². The van der Waals surface area contributed by atoms with Gasteiger partial charge in [0.15, 0.2) is 0 Å². The summed E-state index contributed by atoms with van der Waals surface area (Å²) in [5.41, 5.74) is 10.4. The van der Waals surface area contributed by atoms with Gasteiger partial charge in [-0.3, -0.25) is 0 Å². The third-order valence-corrected chi connectivity index (χ3v) is 4.56. The van der Waals surface area contributed by atoms with Crippen molar-refractivity contribution < 1.29 is 0 Å². The van der Waals surface area contributed by atoms with E-state index < -0.39 is 0 Å². The number of nitrogens with two attached hydrogens (primary N) is 1. The lowest BCUT2D eigenvalue weighted by atomic mass is 9.79. The highest BCUT2D eigenvalue weighted by Crippen LogP contribution is 2.36. The van der Waals surface area contributed by atoms with Crippen molar-refractivity contribution in [1.29, 1.82) is 0 Å². The largest absolute Gasteiger partial charge is 0.330 e. The first-order chi connectivity index (χ1) is 8.72. The fourth-order valence-electron chi connectivity index (χ4n) is 3.45. The summed E-state index contributed by atoms with van der Waals surface area (Å²) in [7, 11) is 0. The van der Waals surface area contributed by atoms with Gasteiger partial charge in [0.05, 0.1) is 0 Å². The van der Waals surface area contributed by atoms with Gasteiger partial charge in [-0.2, -0.15) is 0 Å². The topological polar surface area (TPSA) is 26.0 Å². The lowest BCUT2D eigenvalue weighted by molar-refractivity contribution is 0.379. The molecule has 1 nitrogen and oxygen atoms in total. The predicted molar refractivity (Wildman–Crippen MR) is 78.9 cm³/mol. The molecule has 2 rings (SSSR count). The van der Waals surface area contributed by atoms with E-state index in [1.165, 1.54) is 55.2 Å². The molecule has 100 valence electrons. The SMILES string of the molecule is Cc1ccc(C)c(C(CN)C2CCCCCC2)c1. The zero-order valence-corrected chi connectivity index (χ0v) is 11.9. The zero-order valence-electron chi connectivity index (χ0n) is 11.9. The minimum absolute atomic E-state index is 0.572. The number of hydrogen-bond donors (Lipinski definition) is 1. The van der Waals surface area contributed by atoms with E-state index in [9.17, 15) is 0 Å². The Balaban J connectivity index is 2.23. The highest BCUT2D eigenvalue weighted by molar-refractivity contribution is 5.34. The molecule has 0 spiro atoms. The molecule has 0 bridgehead atoms. The molecule has 1 aliphatic carbocycles. The highest BCUT2D eigenvalue weighted by atomic mass is 14.6. The van der Waals surface area contributed by atoms with E-state index in [-0.39, 0.29) is 0 Å². The summed E-state index contributed by atoms with van der Waals surface area (Å²) in [5.74, 6) is 1.38. The first kappa shape index (κ1) is 13.6. The molecule has 18 heavy (non-hydrogen) atoms. The minimum atomic E-state index is 0.572. The molecule has 1 aliphatic rings. The smallest absolute Gasteiger partial charge is 0.000546 e. The van der Waals surface area contributed by atoms with Crippen LogP contribution < -0.4 is 5.73 Å². The van der Waals surface area contributed by atoms with Crippen molar-refractivity contribution in [1.82, 2.24) is 0 Å². The molecule has 1 unspecified atom stereocenters.